The quantitative estimate of drug-likeness (QED) is 0.283. The van der Waals surface area contributed by atoms with E-state index in [0.29, 0.717) is 6.54 Å². The van der Waals surface area contributed by atoms with Gasteiger partial charge in [0.05, 0.1) is 11.0 Å². The molecule has 1 aromatic heterocycles. The second-order valence-electron chi connectivity index (χ2n) is 8.87. The third kappa shape index (κ3) is 7.22. The molecule has 0 radical (unpaired) electrons. The van der Waals surface area contributed by atoms with Gasteiger partial charge in [-0.2, -0.15) is 0 Å². The number of hydrogen-bond donors (Lipinski definition) is 1. The van der Waals surface area contributed by atoms with E-state index in [2.05, 4.69) is 41.1 Å². The zero-order valence-corrected chi connectivity index (χ0v) is 19.9. The van der Waals surface area contributed by atoms with Crippen LogP contribution in [0.4, 0.5) is 0 Å². The van der Waals surface area contributed by atoms with Crippen LogP contribution in [-0.2, 0) is 13.0 Å². The summed E-state index contributed by atoms with van der Waals surface area (Å²) in [6.45, 7) is 5.99. The van der Waals surface area contributed by atoms with Gasteiger partial charge in [-0.15, -0.1) is 0 Å². The molecule has 32 heavy (non-hydrogen) atoms. The number of nitrogens with zero attached hydrogens (tertiary/aromatic N) is 2. The second kappa shape index (κ2) is 13.0. The molecule has 0 saturated heterocycles. The van der Waals surface area contributed by atoms with Gasteiger partial charge < -0.3 is 9.88 Å². The number of carbonyl (C=O) groups excluding carboxylic acids is 1. The van der Waals surface area contributed by atoms with Crippen molar-refractivity contribution in [1.29, 1.82) is 0 Å². The Labute approximate surface area is 193 Å². The Morgan fingerprint density at radius 1 is 0.875 bits per heavy atom. The minimum absolute atomic E-state index is 0.00237. The number of aromatic nitrogens is 2. The largest absolute Gasteiger partial charge is 0.352 e. The van der Waals surface area contributed by atoms with E-state index in [0.717, 1.165) is 41.9 Å². The van der Waals surface area contributed by atoms with Gasteiger partial charge in [0.15, 0.2) is 0 Å². The molecule has 0 fully saturated rings. The smallest absolute Gasteiger partial charge is 0.251 e. The Kier molecular flexibility index (Phi) is 9.80. The molecule has 3 aromatic rings. The van der Waals surface area contributed by atoms with Gasteiger partial charge in [0, 0.05) is 25.1 Å². The van der Waals surface area contributed by atoms with Crippen molar-refractivity contribution >= 4 is 16.9 Å². The van der Waals surface area contributed by atoms with Gasteiger partial charge in [-0.05, 0) is 44.0 Å². The van der Waals surface area contributed by atoms with Gasteiger partial charge in [-0.3, -0.25) is 4.79 Å². The van der Waals surface area contributed by atoms with Crippen LogP contribution >= 0.6 is 0 Å². The lowest BCUT2D eigenvalue weighted by molar-refractivity contribution is 0.0953. The Balaban J connectivity index is 1.47. The molecule has 0 spiro atoms. The van der Waals surface area contributed by atoms with Crippen molar-refractivity contribution in [3.63, 3.8) is 0 Å². The molecule has 1 heterocycles. The fourth-order valence-corrected chi connectivity index (χ4v) is 4.22. The summed E-state index contributed by atoms with van der Waals surface area (Å²) in [5, 5.41) is 3.05. The predicted molar refractivity (Wildman–Crippen MR) is 134 cm³/mol. The van der Waals surface area contributed by atoms with Crippen molar-refractivity contribution in [3.05, 3.63) is 65.5 Å². The first kappa shape index (κ1) is 24.0. The SMILES string of the molecule is CCCCCCCCCCn1c(CCCNC(=O)c2ccc(C)cc2)nc2ccccc21. The van der Waals surface area contributed by atoms with Crippen LogP contribution < -0.4 is 5.32 Å². The average Bonchev–Trinajstić information content (AvgIpc) is 3.16. The van der Waals surface area contributed by atoms with Crippen LogP contribution in [0.5, 0.6) is 0 Å². The summed E-state index contributed by atoms with van der Waals surface area (Å²) >= 11 is 0. The Morgan fingerprint density at radius 2 is 1.56 bits per heavy atom. The van der Waals surface area contributed by atoms with E-state index >= 15 is 0 Å². The molecular weight excluding hydrogens is 394 g/mol. The van der Waals surface area contributed by atoms with E-state index in [9.17, 15) is 4.79 Å². The highest BCUT2D eigenvalue weighted by molar-refractivity contribution is 5.94. The normalized spacial score (nSPS) is 11.2. The maximum absolute atomic E-state index is 12.3. The minimum Gasteiger partial charge on any atom is -0.352 e. The Hall–Kier alpha value is -2.62. The molecule has 4 heteroatoms. The van der Waals surface area contributed by atoms with Crippen LogP contribution in [0.3, 0.4) is 0 Å². The van der Waals surface area contributed by atoms with Crippen molar-refractivity contribution in [1.82, 2.24) is 14.9 Å². The minimum atomic E-state index is -0.00237. The van der Waals surface area contributed by atoms with E-state index < -0.39 is 0 Å². The van der Waals surface area contributed by atoms with Crippen LogP contribution in [0.1, 0.15) is 86.5 Å². The summed E-state index contributed by atoms with van der Waals surface area (Å²) in [5.41, 5.74) is 4.19. The van der Waals surface area contributed by atoms with Crippen molar-refractivity contribution in [3.8, 4) is 0 Å². The standard InChI is InChI=1S/C28H39N3O/c1-3-4-5-6-7-8-9-12-22-31-26-15-11-10-14-25(26)30-27(31)16-13-21-29-28(32)24-19-17-23(2)18-20-24/h10-11,14-15,17-20H,3-9,12-13,16,21-22H2,1-2H3,(H,29,32). The van der Waals surface area contributed by atoms with E-state index in [4.69, 9.17) is 4.98 Å². The number of para-hydroxylation sites is 2. The number of benzene rings is 2. The van der Waals surface area contributed by atoms with Crippen molar-refractivity contribution < 1.29 is 4.79 Å². The number of imidazole rings is 1. The van der Waals surface area contributed by atoms with Crippen molar-refractivity contribution in [2.24, 2.45) is 0 Å². The maximum atomic E-state index is 12.3. The number of unbranched alkanes of at least 4 members (excludes halogenated alkanes) is 7. The van der Waals surface area contributed by atoms with Crippen LogP contribution in [0.2, 0.25) is 0 Å². The molecule has 0 atom stereocenters. The van der Waals surface area contributed by atoms with Gasteiger partial charge in [-0.25, -0.2) is 4.98 Å². The molecule has 0 unspecified atom stereocenters. The van der Waals surface area contributed by atoms with E-state index in [1.165, 1.54) is 56.9 Å². The summed E-state index contributed by atoms with van der Waals surface area (Å²) in [7, 11) is 0. The lowest BCUT2D eigenvalue weighted by Crippen LogP contribution is -2.25. The first-order valence-corrected chi connectivity index (χ1v) is 12.5. The number of nitrogens with one attached hydrogen (secondary N) is 1. The first-order chi connectivity index (χ1) is 15.7. The van der Waals surface area contributed by atoms with Gasteiger partial charge in [0.1, 0.15) is 5.82 Å². The number of carbonyl (C=O) groups is 1. The molecule has 172 valence electrons. The summed E-state index contributed by atoms with van der Waals surface area (Å²) in [6, 6.07) is 16.1. The molecular formula is C28H39N3O. The topological polar surface area (TPSA) is 46.9 Å². The van der Waals surface area contributed by atoms with Crippen LogP contribution in [0.15, 0.2) is 48.5 Å². The van der Waals surface area contributed by atoms with Gasteiger partial charge in [0.25, 0.3) is 5.91 Å². The second-order valence-corrected chi connectivity index (χ2v) is 8.87. The number of rotatable bonds is 14. The summed E-state index contributed by atoms with van der Waals surface area (Å²) in [4.78, 5) is 17.2. The lowest BCUT2D eigenvalue weighted by Gasteiger charge is -2.10. The summed E-state index contributed by atoms with van der Waals surface area (Å²) < 4.78 is 2.40. The van der Waals surface area contributed by atoms with Crippen molar-refractivity contribution in [2.75, 3.05) is 6.54 Å². The maximum Gasteiger partial charge on any atom is 0.251 e. The number of aryl methyl sites for hydroxylation is 3. The molecule has 0 aliphatic carbocycles. The van der Waals surface area contributed by atoms with Gasteiger partial charge >= 0.3 is 0 Å². The van der Waals surface area contributed by atoms with Gasteiger partial charge in [0.2, 0.25) is 0 Å². The van der Waals surface area contributed by atoms with E-state index in [-0.39, 0.29) is 5.91 Å². The Bertz CT molecular complexity index is 958. The number of hydrogen-bond acceptors (Lipinski definition) is 2. The zero-order chi connectivity index (χ0) is 22.6. The zero-order valence-electron chi connectivity index (χ0n) is 19.9. The molecule has 1 N–H and O–H groups in total. The van der Waals surface area contributed by atoms with Crippen LogP contribution in [-0.4, -0.2) is 22.0 Å². The van der Waals surface area contributed by atoms with E-state index in [1.54, 1.807) is 0 Å². The fourth-order valence-electron chi connectivity index (χ4n) is 4.22. The fraction of sp³-hybridized carbons (Fsp3) is 0.500. The summed E-state index contributed by atoms with van der Waals surface area (Å²) in [6.07, 6.45) is 12.4. The third-order valence-corrected chi connectivity index (χ3v) is 6.15. The first-order valence-electron chi connectivity index (χ1n) is 12.5. The third-order valence-electron chi connectivity index (χ3n) is 6.15. The molecule has 0 saturated carbocycles. The molecule has 2 aromatic carbocycles. The highest BCUT2D eigenvalue weighted by atomic mass is 16.1. The molecule has 0 aliphatic heterocycles. The molecule has 0 aliphatic rings. The summed E-state index contributed by atoms with van der Waals surface area (Å²) in [5.74, 6) is 1.14. The highest BCUT2D eigenvalue weighted by Crippen LogP contribution is 2.19. The highest BCUT2D eigenvalue weighted by Gasteiger charge is 2.11. The number of amides is 1. The predicted octanol–water partition coefficient (Wildman–Crippen LogP) is 6.85. The Morgan fingerprint density at radius 3 is 2.31 bits per heavy atom. The monoisotopic (exact) mass is 433 g/mol. The molecule has 1 amide bonds. The van der Waals surface area contributed by atoms with E-state index in [1.807, 2.05) is 31.2 Å². The number of fused-ring (bicyclic) bond motifs is 1. The molecule has 3 rings (SSSR count). The molecule has 0 bridgehead atoms. The van der Waals surface area contributed by atoms with Crippen LogP contribution in [0, 0.1) is 6.92 Å². The molecule has 4 nitrogen and oxygen atoms in total. The lowest BCUT2D eigenvalue weighted by atomic mass is 10.1. The van der Waals surface area contributed by atoms with Crippen molar-refractivity contribution in [2.45, 2.75) is 84.6 Å². The van der Waals surface area contributed by atoms with Gasteiger partial charge in [-0.1, -0.05) is 81.7 Å². The average molecular weight is 434 g/mol. The van der Waals surface area contributed by atoms with Crippen LogP contribution in [0.25, 0.3) is 11.0 Å².